The van der Waals surface area contributed by atoms with Gasteiger partial charge in [-0.05, 0) is 17.7 Å². The average Bonchev–Trinajstić information content (AvgIpc) is 2.55. The number of benzene rings is 1. The van der Waals surface area contributed by atoms with Crippen LogP contribution in [-0.2, 0) is 7.05 Å². The summed E-state index contributed by atoms with van der Waals surface area (Å²) in [6, 6.07) is 5.31. The Morgan fingerprint density at radius 3 is 2.58 bits per heavy atom. The highest BCUT2D eigenvalue weighted by Crippen LogP contribution is 2.18. The van der Waals surface area contributed by atoms with Gasteiger partial charge in [0.15, 0.2) is 0 Å². The fraction of sp³-hybridized carbons (Fsp3) is 0.214. The molecule has 0 fully saturated rings. The number of non-ortho nitro benzene ring substituents is 1. The first-order valence-corrected chi connectivity index (χ1v) is 6.75. The number of aromatic hydroxyl groups is 1. The van der Waals surface area contributed by atoms with Crippen LogP contribution in [0, 0.1) is 10.1 Å². The Hall–Kier alpha value is -3.27. The number of hydrogen-bond donors (Lipinski definition) is 3. The molecule has 10 nitrogen and oxygen atoms in total. The van der Waals surface area contributed by atoms with Gasteiger partial charge in [-0.3, -0.25) is 29.5 Å². The lowest BCUT2D eigenvalue weighted by molar-refractivity contribution is -0.384. The topological polar surface area (TPSA) is 151 Å². The van der Waals surface area contributed by atoms with Crippen molar-refractivity contribution in [2.75, 3.05) is 6.54 Å². The molecule has 0 spiro atoms. The van der Waals surface area contributed by atoms with Crippen molar-refractivity contribution in [1.82, 2.24) is 9.55 Å². The van der Waals surface area contributed by atoms with Gasteiger partial charge in [0.2, 0.25) is 5.88 Å². The van der Waals surface area contributed by atoms with Crippen molar-refractivity contribution in [3.05, 3.63) is 66.3 Å². The molecule has 1 aromatic carbocycles. The normalized spacial score (nSPS) is 12.4. The number of nitrogens with zero attached hydrogens (tertiary/aromatic N) is 3. The molecule has 1 heterocycles. The summed E-state index contributed by atoms with van der Waals surface area (Å²) in [4.78, 5) is 38.8. The number of aromatic nitrogens is 2. The average molecular weight is 334 g/mol. The van der Waals surface area contributed by atoms with Gasteiger partial charge >= 0.3 is 5.69 Å². The van der Waals surface area contributed by atoms with E-state index in [1.54, 1.807) is 0 Å². The Balaban J connectivity index is 2.14. The van der Waals surface area contributed by atoms with Gasteiger partial charge in [0, 0.05) is 25.4 Å². The molecule has 0 amide bonds. The van der Waals surface area contributed by atoms with E-state index in [1.807, 2.05) is 4.98 Å². The summed E-state index contributed by atoms with van der Waals surface area (Å²) in [5, 5.41) is 30.3. The number of aliphatic imine (C=N–C) groups is 1. The minimum Gasteiger partial charge on any atom is -0.494 e. The van der Waals surface area contributed by atoms with E-state index in [0.717, 1.165) is 10.8 Å². The zero-order valence-corrected chi connectivity index (χ0v) is 12.5. The largest absolute Gasteiger partial charge is 0.494 e. The minimum atomic E-state index is -1.05. The maximum atomic E-state index is 11.6. The van der Waals surface area contributed by atoms with E-state index >= 15 is 0 Å². The standard InChI is InChI=1S/C14H14N4O6/c1-17-13(21)10(12(20)16-14(17)22)6-15-7-11(19)8-2-4-9(5-3-8)18(23)24/h2-6,11,19,21H,7H2,1H3,(H,16,20,22)/t11-/m1/s1. The van der Waals surface area contributed by atoms with Gasteiger partial charge in [-0.25, -0.2) is 4.79 Å². The van der Waals surface area contributed by atoms with Gasteiger partial charge in [0.25, 0.3) is 11.2 Å². The number of nitro benzene ring substituents is 1. The van der Waals surface area contributed by atoms with Crippen LogP contribution in [0.3, 0.4) is 0 Å². The monoisotopic (exact) mass is 334 g/mol. The highest BCUT2D eigenvalue weighted by molar-refractivity contribution is 5.81. The second-order valence-corrected chi connectivity index (χ2v) is 4.91. The van der Waals surface area contributed by atoms with Crippen molar-refractivity contribution >= 4 is 11.9 Å². The third kappa shape index (κ3) is 3.55. The summed E-state index contributed by atoms with van der Waals surface area (Å²) in [7, 11) is 1.27. The zero-order chi connectivity index (χ0) is 17.9. The Morgan fingerprint density at radius 1 is 1.38 bits per heavy atom. The van der Waals surface area contributed by atoms with Crippen LogP contribution < -0.4 is 11.2 Å². The van der Waals surface area contributed by atoms with E-state index in [4.69, 9.17) is 0 Å². The quantitative estimate of drug-likeness (QED) is 0.392. The molecule has 0 aliphatic heterocycles. The number of hydrogen-bond acceptors (Lipinski definition) is 7. The number of aliphatic hydroxyl groups excluding tert-OH is 1. The van der Waals surface area contributed by atoms with Gasteiger partial charge in [0.1, 0.15) is 5.56 Å². The summed E-state index contributed by atoms with van der Waals surface area (Å²) in [6.07, 6.45) is -0.00168. The van der Waals surface area contributed by atoms with E-state index in [9.17, 15) is 29.9 Å². The van der Waals surface area contributed by atoms with E-state index in [2.05, 4.69) is 4.99 Å². The van der Waals surface area contributed by atoms with Crippen molar-refractivity contribution in [1.29, 1.82) is 0 Å². The van der Waals surface area contributed by atoms with Crippen molar-refractivity contribution in [3.63, 3.8) is 0 Å². The van der Waals surface area contributed by atoms with Crippen LogP contribution >= 0.6 is 0 Å². The van der Waals surface area contributed by atoms with Crippen LogP contribution in [0.2, 0.25) is 0 Å². The Labute approximate surface area is 134 Å². The number of aliphatic hydroxyl groups is 1. The number of nitrogens with one attached hydrogen (secondary N) is 1. The number of rotatable bonds is 5. The molecule has 10 heteroatoms. The summed E-state index contributed by atoms with van der Waals surface area (Å²) < 4.78 is 0.843. The second-order valence-electron chi connectivity index (χ2n) is 4.91. The van der Waals surface area contributed by atoms with E-state index in [0.29, 0.717) is 5.56 Å². The molecule has 24 heavy (non-hydrogen) atoms. The van der Waals surface area contributed by atoms with Crippen molar-refractivity contribution < 1.29 is 15.1 Å². The van der Waals surface area contributed by atoms with Crippen LogP contribution in [-0.4, -0.2) is 37.4 Å². The molecule has 0 saturated heterocycles. The predicted molar refractivity (Wildman–Crippen MR) is 84.5 cm³/mol. The lowest BCUT2D eigenvalue weighted by Crippen LogP contribution is -2.30. The molecule has 2 aromatic rings. The molecular formula is C14H14N4O6. The Morgan fingerprint density at radius 2 is 2.00 bits per heavy atom. The fourth-order valence-electron chi connectivity index (χ4n) is 1.91. The summed E-state index contributed by atoms with van der Waals surface area (Å²) in [6.45, 7) is -0.139. The summed E-state index contributed by atoms with van der Waals surface area (Å²) >= 11 is 0. The van der Waals surface area contributed by atoms with Crippen LogP contribution in [0.1, 0.15) is 17.2 Å². The van der Waals surface area contributed by atoms with Crippen LogP contribution in [0.4, 0.5) is 5.69 Å². The van der Waals surface area contributed by atoms with Crippen LogP contribution in [0.5, 0.6) is 5.88 Å². The maximum absolute atomic E-state index is 11.6. The first-order chi connectivity index (χ1) is 11.3. The zero-order valence-electron chi connectivity index (χ0n) is 12.5. The van der Waals surface area contributed by atoms with Gasteiger partial charge < -0.3 is 10.2 Å². The second kappa shape index (κ2) is 6.87. The third-order valence-electron chi connectivity index (χ3n) is 3.32. The molecule has 3 N–H and O–H groups in total. The van der Waals surface area contributed by atoms with Gasteiger partial charge in [-0.2, -0.15) is 0 Å². The molecule has 0 unspecified atom stereocenters. The van der Waals surface area contributed by atoms with Gasteiger partial charge in [-0.15, -0.1) is 0 Å². The van der Waals surface area contributed by atoms with Gasteiger partial charge in [-0.1, -0.05) is 0 Å². The molecule has 0 bridgehead atoms. The molecule has 126 valence electrons. The van der Waals surface area contributed by atoms with Crippen molar-refractivity contribution in [2.24, 2.45) is 12.0 Å². The van der Waals surface area contributed by atoms with E-state index < -0.39 is 28.2 Å². The van der Waals surface area contributed by atoms with Crippen LogP contribution in [0.25, 0.3) is 0 Å². The molecule has 1 atom stereocenters. The molecular weight excluding hydrogens is 320 g/mol. The molecule has 2 rings (SSSR count). The third-order valence-corrected chi connectivity index (χ3v) is 3.32. The number of nitro groups is 1. The van der Waals surface area contributed by atoms with Crippen LogP contribution in [0.15, 0.2) is 38.8 Å². The lowest BCUT2D eigenvalue weighted by atomic mass is 10.1. The van der Waals surface area contributed by atoms with E-state index in [1.165, 1.54) is 31.3 Å². The molecule has 0 aliphatic rings. The van der Waals surface area contributed by atoms with Gasteiger partial charge in [0.05, 0.1) is 17.6 Å². The highest BCUT2D eigenvalue weighted by atomic mass is 16.6. The smallest absolute Gasteiger partial charge is 0.330 e. The molecule has 0 aliphatic carbocycles. The first kappa shape index (κ1) is 17.1. The fourth-order valence-corrected chi connectivity index (χ4v) is 1.91. The minimum absolute atomic E-state index is 0.101. The summed E-state index contributed by atoms with van der Waals surface area (Å²) in [5.41, 5.74) is -1.47. The number of aromatic amines is 1. The SMILES string of the molecule is Cn1c(O)c(C=NC[C@@H](O)c2ccc([N+](=O)[O-])cc2)c(=O)[nH]c1=O. The molecule has 0 radical (unpaired) electrons. The molecule has 1 aromatic heterocycles. The lowest BCUT2D eigenvalue weighted by Gasteiger charge is -2.07. The maximum Gasteiger partial charge on any atom is 0.330 e. The van der Waals surface area contributed by atoms with Crippen molar-refractivity contribution in [3.8, 4) is 5.88 Å². The van der Waals surface area contributed by atoms with E-state index in [-0.39, 0.29) is 17.8 Å². The Kier molecular flexibility index (Phi) is 4.90. The predicted octanol–water partition coefficient (Wildman–Crippen LogP) is -0.160. The number of H-pyrrole nitrogens is 1. The molecule has 0 saturated carbocycles. The van der Waals surface area contributed by atoms with Crippen molar-refractivity contribution in [2.45, 2.75) is 6.10 Å². The summed E-state index contributed by atoms with van der Waals surface area (Å²) in [5.74, 6) is -0.544. The Bertz CT molecular complexity index is 897. The first-order valence-electron chi connectivity index (χ1n) is 6.75. The highest BCUT2D eigenvalue weighted by Gasteiger charge is 2.12.